The smallest absolute Gasteiger partial charge is 0.346 e. The number of rotatable bonds is 1. The number of para-hydroxylation sites is 1. The van der Waals surface area contributed by atoms with E-state index in [0.29, 0.717) is 43.8 Å². The third-order valence-corrected chi connectivity index (χ3v) is 4.88. The Labute approximate surface area is 156 Å². The predicted octanol–water partition coefficient (Wildman–Crippen LogP) is 3.94. The Balaban J connectivity index is 2.08. The van der Waals surface area contributed by atoms with Crippen LogP contribution in [0.5, 0.6) is 0 Å². The number of benzene rings is 2. The molecule has 0 aliphatic rings. The summed E-state index contributed by atoms with van der Waals surface area (Å²) >= 11 is 6.16. The first-order valence-electron chi connectivity index (χ1n) is 8.27. The van der Waals surface area contributed by atoms with Crippen LogP contribution >= 0.6 is 11.6 Å². The van der Waals surface area contributed by atoms with Crippen molar-refractivity contribution in [1.29, 1.82) is 0 Å². The summed E-state index contributed by atoms with van der Waals surface area (Å²) in [6.07, 6.45) is 0. The van der Waals surface area contributed by atoms with Crippen molar-refractivity contribution in [2.24, 2.45) is 0 Å². The summed E-state index contributed by atoms with van der Waals surface area (Å²) in [6, 6.07) is 14.1. The molecule has 0 saturated heterocycles. The van der Waals surface area contributed by atoms with E-state index in [4.69, 9.17) is 16.0 Å². The topological polar surface area (TPSA) is 80.9 Å². The summed E-state index contributed by atoms with van der Waals surface area (Å²) in [5, 5.41) is 5.25. The van der Waals surface area contributed by atoms with Crippen molar-refractivity contribution in [3.8, 4) is 5.69 Å². The van der Waals surface area contributed by atoms with E-state index in [0.717, 1.165) is 0 Å². The zero-order chi connectivity index (χ0) is 18.7. The summed E-state index contributed by atoms with van der Waals surface area (Å²) in [7, 11) is 0. The van der Waals surface area contributed by atoms with Gasteiger partial charge in [0, 0.05) is 15.8 Å². The molecular weight excluding hydrogens is 366 g/mol. The van der Waals surface area contributed by atoms with Crippen molar-refractivity contribution >= 4 is 44.4 Å². The van der Waals surface area contributed by atoms with Gasteiger partial charge in [-0.2, -0.15) is 0 Å². The second-order valence-corrected chi connectivity index (χ2v) is 6.73. The molecule has 0 aliphatic heterocycles. The maximum atomic E-state index is 13.2. The Bertz CT molecular complexity index is 1480. The van der Waals surface area contributed by atoms with E-state index >= 15 is 0 Å². The molecule has 0 radical (unpaired) electrons. The quantitative estimate of drug-likeness (QED) is 0.354. The maximum absolute atomic E-state index is 13.2. The number of nitrogens with one attached hydrogen (secondary N) is 1. The Kier molecular flexibility index (Phi) is 3.26. The largest absolute Gasteiger partial charge is 0.422 e. The fourth-order valence-electron chi connectivity index (χ4n) is 3.48. The molecule has 132 valence electrons. The molecule has 0 fully saturated rings. The van der Waals surface area contributed by atoms with Gasteiger partial charge in [-0.15, -0.1) is 0 Å². The lowest BCUT2D eigenvalue weighted by Gasteiger charge is -2.05. The monoisotopic (exact) mass is 377 g/mol. The molecule has 0 aliphatic carbocycles. The molecule has 27 heavy (non-hydrogen) atoms. The van der Waals surface area contributed by atoms with Gasteiger partial charge in [-0.25, -0.2) is 14.5 Å². The van der Waals surface area contributed by atoms with Gasteiger partial charge in [0.1, 0.15) is 5.58 Å². The minimum absolute atomic E-state index is 0.286. The highest BCUT2D eigenvalue weighted by Gasteiger charge is 2.20. The van der Waals surface area contributed by atoms with Crippen LogP contribution < -0.4 is 11.2 Å². The predicted molar refractivity (Wildman–Crippen MR) is 105 cm³/mol. The standard InChI is InChI=1S/C20H12ClN3O3/c1-10-15-16(13-9-11(21)7-8-14(13)27-20(15)26)17-18(22-10)23-24(19(17)25)12-5-3-2-4-6-12/h2-9H,1H3,(H,22,23). The summed E-state index contributed by atoms with van der Waals surface area (Å²) in [5.74, 6) is 0. The van der Waals surface area contributed by atoms with Crippen molar-refractivity contribution < 1.29 is 4.42 Å². The van der Waals surface area contributed by atoms with E-state index in [1.807, 2.05) is 30.3 Å². The fourth-order valence-corrected chi connectivity index (χ4v) is 3.65. The number of fused-ring (bicyclic) bond motifs is 5. The molecule has 5 aromatic rings. The molecule has 3 aromatic heterocycles. The van der Waals surface area contributed by atoms with Gasteiger partial charge in [-0.3, -0.25) is 9.89 Å². The maximum Gasteiger partial charge on any atom is 0.346 e. The molecule has 1 N–H and O–H groups in total. The lowest BCUT2D eigenvalue weighted by molar-refractivity contribution is 0.569. The van der Waals surface area contributed by atoms with Crippen molar-refractivity contribution in [3.63, 3.8) is 0 Å². The van der Waals surface area contributed by atoms with Crippen LogP contribution in [0.25, 0.3) is 38.5 Å². The number of hydrogen-bond donors (Lipinski definition) is 1. The lowest BCUT2D eigenvalue weighted by atomic mass is 10.0. The zero-order valence-electron chi connectivity index (χ0n) is 14.1. The van der Waals surface area contributed by atoms with Crippen molar-refractivity contribution in [1.82, 2.24) is 14.8 Å². The van der Waals surface area contributed by atoms with Crippen LogP contribution in [-0.2, 0) is 0 Å². The second kappa shape index (κ2) is 5.56. The minimum Gasteiger partial charge on any atom is -0.422 e. The van der Waals surface area contributed by atoms with Crippen molar-refractivity contribution in [3.05, 3.63) is 80.0 Å². The zero-order valence-corrected chi connectivity index (χ0v) is 14.9. The molecule has 6 nitrogen and oxygen atoms in total. The van der Waals surface area contributed by atoms with Crippen LogP contribution in [0.4, 0.5) is 0 Å². The molecule has 0 amide bonds. The van der Waals surface area contributed by atoms with Crippen molar-refractivity contribution in [2.45, 2.75) is 6.92 Å². The number of aryl methyl sites for hydroxylation is 1. The molecule has 0 saturated carbocycles. The summed E-state index contributed by atoms with van der Waals surface area (Å²) in [4.78, 5) is 30.2. The second-order valence-electron chi connectivity index (χ2n) is 6.29. The van der Waals surface area contributed by atoms with Crippen LogP contribution in [0.2, 0.25) is 5.02 Å². The van der Waals surface area contributed by atoms with Crippen LogP contribution in [0, 0.1) is 6.92 Å². The van der Waals surface area contributed by atoms with E-state index < -0.39 is 5.63 Å². The molecule has 7 heteroatoms. The Morgan fingerprint density at radius 2 is 1.81 bits per heavy atom. The van der Waals surface area contributed by atoms with Gasteiger partial charge in [0.15, 0.2) is 5.65 Å². The van der Waals surface area contributed by atoms with Gasteiger partial charge in [-0.05, 0) is 37.3 Å². The van der Waals surface area contributed by atoms with Crippen LogP contribution in [-0.4, -0.2) is 14.8 Å². The number of halogens is 1. The number of aromatic nitrogens is 3. The molecule has 0 unspecified atom stereocenters. The summed E-state index contributed by atoms with van der Waals surface area (Å²) < 4.78 is 6.84. The highest BCUT2D eigenvalue weighted by molar-refractivity contribution is 6.32. The Morgan fingerprint density at radius 1 is 1.04 bits per heavy atom. The van der Waals surface area contributed by atoms with Crippen LogP contribution in [0.1, 0.15) is 5.69 Å². The number of H-pyrrole nitrogens is 1. The van der Waals surface area contributed by atoms with E-state index in [1.165, 1.54) is 4.68 Å². The van der Waals surface area contributed by atoms with E-state index in [1.54, 1.807) is 25.1 Å². The number of aromatic amines is 1. The average molecular weight is 378 g/mol. The Hall–Kier alpha value is -3.38. The summed E-state index contributed by atoms with van der Waals surface area (Å²) in [6.45, 7) is 1.72. The first-order chi connectivity index (χ1) is 13.0. The van der Waals surface area contributed by atoms with Gasteiger partial charge < -0.3 is 4.42 Å². The van der Waals surface area contributed by atoms with Gasteiger partial charge in [-0.1, -0.05) is 29.8 Å². The number of nitrogens with zero attached hydrogens (tertiary/aromatic N) is 2. The third kappa shape index (κ3) is 2.23. The number of hydrogen-bond acceptors (Lipinski definition) is 4. The Morgan fingerprint density at radius 3 is 2.59 bits per heavy atom. The molecule has 5 rings (SSSR count). The van der Waals surface area contributed by atoms with Gasteiger partial charge in [0.05, 0.1) is 22.2 Å². The molecule has 2 aromatic carbocycles. The third-order valence-electron chi connectivity index (χ3n) is 4.64. The van der Waals surface area contributed by atoms with E-state index in [9.17, 15) is 9.59 Å². The first kappa shape index (κ1) is 15.8. The molecule has 3 heterocycles. The van der Waals surface area contributed by atoms with E-state index in [2.05, 4.69) is 10.1 Å². The van der Waals surface area contributed by atoms with Gasteiger partial charge >= 0.3 is 5.63 Å². The SMILES string of the molecule is Cc1nc2[nH]n(-c3ccccc3)c(=O)c2c2c1c(=O)oc1ccc(Cl)cc12. The number of pyridine rings is 1. The minimum atomic E-state index is -0.529. The highest BCUT2D eigenvalue weighted by atomic mass is 35.5. The molecule has 0 atom stereocenters. The van der Waals surface area contributed by atoms with Gasteiger partial charge in [0.2, 0.25) is 0 Å². The average Bonchev–Trinajstić information content (AvgIpc) is 2.99. The fraction of sp³-hybridized carbons (Fsp3) is 0.0500. The highest BCUT2D eigenvalue weighted by Crippen LogP contribution is 2.30. The van der Waals surface area contributed by atoms with Gasteiger partial charge in [0.25, 0.3) is 5.56 Å². The lowest BCUT2D eigenvalue weighted by Crippen LogP contribution is -2.14. The van der Waals surface area contributed by atoms with Crippen LogP contribution in [0.3, 0.4) is 0 Å². The first-order valence-corrected chi connectivity index (χ1v) is 8.65. The molecule has 0 spiro atoms. The normalized spacial score (nSPS) is 11.6. The molecular formula is C20H12ClN3O3. The summed E-state index contributed by atoms with van der Waals surface area (Å²) in [5.41, 5.74) is 1.11. The van der Waals surface area contributed by atoms with Crippen LogP contribution in [0.15, 0.2) is 62.5 Å². The van der Waals surface area contributed by atoms with E-state index in [-0.39, 0.29) is 10.9 Å². The molecule has 0 bridgehead atoms. The van der Waals surface area contributed by atoms with Crippen molar-refractivity contribution in [2.75, 3.05) is 0 Å².